The molecular weight excluding hydrogens is 260 g/mol. The number of ether oxygens (including phenoxy) is 1. The Labute approximate surface area is 131 Å². The molecule has 0 saturated heterocycles. The van der Waals surface area contributed by atoms with Crippen LogP contribution in [0.1, 0.15) is 79.1 Å². The molecule has 2 aliphatic carbocycles. The van der Waals surface area contributed by atoms with Gasteiger partial charge in [0.05, 0.1) is 5.60 Å². The summed E-state index contributed by atoms with van der Waals surface area (Å²) in [6.45, 7) is 12.7. The van der Waals surface area contributed by atoms with Crippen LogP contribution in [0.25, 0.3) is 0 Å². The molecule has 2 nitrogen and oxygen atoms in total. The third kappa shape index (κ3) is 3.07. The van der Waals surface area contributed by atoms with Gasteiger partial charge in [-0.3, -0.25) is 0 Å². The number of aliphatic hydroxyl groups excluding tert-OH is 1. The fourth-order valence-corrected chi connectivity index (χ4v) is 4.49. The van der Waals surface area contributed by atoms with E-state index in [-0.39, 0.29) is 16.4 Å². The van der Waals surface area contributed by atoms with Gasteiger partial charge in [0, 0.05) is 5.41 Å². The third-order valence-electron chi connectivity index (χ3n) is 6.32. The average molecular weight is 294 g/mol. The van der Waals surface area contributed by atoms with Crippen LogP contribution in [0, 0.1) is 16.7 Å². The van der Waals surface area contributed by atoms with E-state index < -0.39 is 6.29 Å². The van der Waals surface area contributed by atoms with Crippen LogP contribution in [0.15, 0.2) is 12.7 Å². The highest BCUT2D eigenvalue weighted by Gasteiger charge is 2.66. The van der Waals surface area contributed by atoms with E-state index in [1.165, 1.54) is 32.1 Å². The minimum atomic E-state index is -0.669. The van der Waals surface area contributed by atoms with Crippen LogP contribution in [-0.2, 0) is 4.74 Å². The SMILES string of the molecule is C=CC1(C)CC1(CCC)C(O)OC(C)(C)C1CCCCC1. The zero-order valence-corrected chi connectivity index (χ0v) is 14.5. The topological polar surface area (TPSA) is 29.5 Å². The normalized spacial score (nSPS) is 35.5. The summed E-state index contributed by atoms with van der Waals surface area (Å²) in [5.74, 6) is 0.577. The number of aliphatic hydroxyl groups is 1. The van der Waals surface area contributed by atoms with E-state index >= 15 is 0 Å². The monoisotopic (exact) mass is 294 g/mol. The van der Waals surface area contributed by atoms with Crippen LogP contribution in [0.2, 0.25) is 0 Å². The van der Waals surface area contributed by atoms with E-state index in [1.54, 1.807) is 0 Å². The second kappa shape index (κ2) is 6.04. The van der Waals surface area contributed by atoms with Crippen molar-refractivity contribution in [2.75, 3.05) is 0 Å². The van der Waals surface area contributed by atoms with Gasteiger partial charge in [-0.05, 0) is 50.9 Å². The number of allylic oxidation sites excluding steroid dienone is 1. The molecule has 21 heavy (non-hydrogen) atoms. The van der Waals surface area contributed by atoms with Gasteiger partial charge in [0.2, 0.25) is 0 Å². The number of hydrogen-bond donors (Lipinski definition) is 1. The molecule has 0 heterocycles. The van der Waals surface area contributed by atoms with Crippen molar-refractivity contribution < 1.29 is 9.84 Å². The summed E-state index contributed by atoms with van der Waals surface area (Å²) in [7, 11) is 0. The van der Waals surface area contributed by atoms with Gasteiger partial charge in [-0.2, -0.15) is 0 Å². The zero-order chi connectivity index (χ0) is 15.7. The van der Waals surface area contributed by atoms with Gasteiger partial charge >= 0.3 is 0 Å². The van der Waals surface area contributed by atoms with Crippen LogP contribution < -0.4 is 0 Å². The van der Waals surface area contributed by atoms with Crippen LogP contribution in [0.4, 0.5) is 0 Å². The van der Waals surface area contributed by atoms with E-state index in [4.69, 9.17) is 4.74 Å². The molecule has 3 unspecified atom stereocenters. The molecule has 2 rings (SSSR count). The van der Waals surface area contributed by atoms with Crippen molar-refractivity contribution in [3.05, 3.63) is 12.7 Å². The van der Waals surface area contributed by atoms with Crippen LogP contribution in [0.3, 0.4) is 0 Å². The molecular formula is C19H34O2. The van der Waals surface area contributed by atoms with Crippen molar-refractivity contribution in [1.82, 2.24) is 0 Å². The first-order valence-corrected chi connectivity index (χ1v) is 8.81. The van der Waals surface area contributed by atoms with Gasteiger partial charge < -0.3 is 9.84 Å². The van der Waals surface area contributed by atoms with Crippen molar-refractivity contribution in [1.29, 1.82) is 0 Å². The first-order valence-electron chi connectivity index (χ1n) is 8.81. The van der Waals surface area contributed by atoms with E-state index in [0.717, 1.165) is 19.3 Å². The molecule has 0 aromatic carbocycles. The molecule has 0 amide bonds. The van der Waals surface area contributed by atoms with Gasteiger partial charge in [-0.1, -0.05) is 45.6 Å². The summed E-state index contributed by atoms with van der Waals surface area (Å²) >= 11 is 0. The summed E-state index contributed by atoms with van der Waals surface area (Å²) in [5.41, 5.74) is -0.314. The van der Waals surface area contributed by atoms with Crippen molar-refractivity contribution in [3.8, 4) is 0 Å². The Balaban J connectivity index is 2.05. The van der Waals surface area contributed by atoms with Crippen LogP contribution in [0.5, 0.6) is 0 Å². The fraction of sp³-hybridized carbons (Fsp3) is 0.895. The molecule has 0 aromatic heterocycles. The molecule has 0 bridgehead atoms. The molecule has 3 atom stereocenters. The lowest BCUT2D eigenvalue weighted by atomic mass is 9.78. The lowest BCUT2D eigenvalue weighted by Crippen LogP contribution is -2.43. The van der Waals surface area contributed by atoms with Gasteiger partial charge in [-0.15, -0.1) is 6.58 Å². The Kier molecular flexibility index (Phi) is 4.90. The van der Waals surface area contributed by atoms with Crippen LogP contribution in [-0.4, -0.2) is 17.0 Å². The summed E-state index contributed by atoms with van der Waals surface area (Å²) in [4.78, 5) is 0. The molecule has 0 spiro atoms. The molecule has 2 aliphatic rings. The summed E-state index contributed by atoms with van der Waals surface area (Å²) in [6.07, 6.45) is 10.9. The molecule has 0 radical (unpaired) electrons. The van der Waals surface area contributed by atoms with Gasteiger partial charge in [-0.25, -0.2) is 0 Å². The maximum Gasteiger partial charge on any atom is 0.161 e. The highest BCUT2D eigenvalue weighted by molar-refractivity contribution is 5.21. The molecule has 2 fully saturated rings. The second-order valence-electron chi connectivity index (χ2n) is 8.11. The Morgan fingerprint density at radius 1 is 1.33 bits per heavy atom. The van der Waals surface area contributed by atoms with Gasteiger partial charge in [0.1, 0.15) is 0 Å². The summed E-state index contributed by atoms with van der Waals surface area (Å²) in [5, 5.41) is 10.8. The smallest absolute Gasteiger partial charge is 0.161 e. The number of hydrogen-bond acceptors (Lipinski definition) is 2. The minimum Gasteiger partial charge on any atom is -0.367 e. The van der Waals surface area contributed by atoms with Crippen molar-refractivity contribution in [2.45, 2.75) is 91.0 Å². The highest BCUT2D eigenvalue weighted by Crippen LogP contribution is 2.69. The summed E-state index contributed by atoms with van der Waals surface area (Å²) in [6, 6.07) is 0. The predicted molar refractivity (Wildman–Crippen MR) is 88.0 cm³/mol. The standard InChI is InChI=1S/C19H34O2/c1-6-13-19(14-18(19,5)7-2)16(20)21-17(3,4)15-11-9-8-10-12-15/h7,15-16,20H,2,6,8-14H2,1,3-5H3. The predicted octanol–water partition coefficient (Wildman–Crippen LogP) is 5.06. The maximum absolute atomic E-state index is 10.8. The largest absolute Gasteiger partial charge is 0.367 e. The lowest BCUT2D eigenvalue weighted by molar-refractivity contribution is -0.230. The Morgan fingerprint density at radius 2 is 1.95 bits per heavy atom. The van der Waals surface area contributed by atoms with E-state index in [9.17, 15) is 5.11 Å². The van der Waals surface area contributed by atoms with Gasteiger partial charge in [0.15, 0.2) is 6.29 Å². The molecule has 2 heteroatoms. The first-order chi connectivity index (χ1) is 9.81. The summed E-state index contributed by atoms with van der Waals surface area (Å²) < 4.78 is 6.26. The minimum absolute atomic E-state index is 0.0328. The molecule has 0 aliphatic heterocycles. The van der Waals surface area contributed by atoms with E-state index in [1.807, 2.05) is 6.08 Å². The second-order valence-corrected chi connectivity index (χ2v) is 8.11. The van der Waals surface area contributed by atoms with Crippen molar-refractivity contribution in [3.63, 3.8) is 0 Å². The molecule has 122 valence electrons. The van der Waals surface area contributed by atoms with E-state index in [2.05, 4.69) is 34.3 Å². The Hall–Kier alpha value is -0.340. The fourth-order valence-electron chi connectivity index (χ4n) is 4.49. The van der Waals surface area contributed by atoms with Gasteiger partial charge in [0.25, 0.3) is 0 Å². The lowest BCUT2D eigenvalue weighted by Gasteiger charge is -2.40. The molecule has 2 saturated carbocycles. The van der Waals surface area contributed by atoms with Crippen molar-refractivity contribution in [2.24, 2.45) is 16.7 Å². The molecule has 1 N–H and O–H groups in total. The Morgan fingerprint density at radius 3 is 2.43 bits per heavy atom. The molecule has 0 aromatic rings. The first kappa shape index (κ1) is 17.0. The maximum atomic E-state index is 10.8. The average Bonchev–Trinajstić information content (AvgIpc) is 3.07. The number of rotatable bonds is 7. The quantitative estimate of drug-likeness (QED) is 0.525. The third-order valence-corrected chi connectivity index (χ3v) is 6.32. The Bertz CT molecular complexity index is 370. The van der Waals surface area contributed by atoms with Crippen molar-refractivity contribution >= 4 is 0 Å². The highest BCUT2D eigenvalue weighted by atomic mass is 16.6. The zero-order valence-electron chi connectivity index (χ0n) is 14.5. The van der Waals surface area contributed by atoms with E-state index in [0.29, 0.717) is 5.92 Å². The van der Waals surface area contributed by atoms with Crippen LogP contribution >= 0.6 is 0 Å².